The molecule has 0 bridgehead atoms. The summed E-state index contributed by atoms with van der Waals surface area (Å²) in [4.78, 5) is 0. The summed E-state index contributed by atoms with van der Waals surface area (Å²) >= 11 is 0.0550. The molecule has 10 heavy (non-hydrogen) atoms. The van der Waals surface area contributed by atoms with E-state index in [-0.39, 0.29) is 24.5 Å². The number of hydrogen-bond acceptors (Lipinski definition) is 2. The van der Waals surface area contributed by atoms with Crippen molar-refractivity contribution < 1.29 is 9.47 Å². The molecule has 0 amide bonds. The van der Waals surface area contributed by atoms with Gasteiger partial charge in [-0.15, -0.1) is 0 Å². The van der Waals surface area contributed by atoms with Crippen LogP contribution >= 0.6 is 20.7 Å². The Morgan fingerprint density at radius 1 is 1.30 bits per heavy atom. The molecule has 1 spiro atoms. The monoisotopic (exact) mass is 254 g/mol. The Kier molecular flexibility index (Phi) is 2.06. The Labute approximate surface area is 70.6 Å². The molecule has 2 aliphatic rings. The van der Waals surface area contributed by atoms with E-state index in [2.05, 4.69) is 4.01 Å². The van der Waals surface area contributed by atoms with Crippen molar-refractivity contribution in [2.24, 2.45) is 0 Å². The largest absolute Gasteiger partial charge is 0.340 e. The maximum atomic E-state index is 5.58. The third-order valence-electron chi connectivity index (χ3n) is 1.75. The molecule has 3 heteroatoms. The molecule has 0 aromatic heterocycles. The summed E-state index contributed by atoms with van der Waals surface area (Å²) in [6.07, 6.45) is 3.66. The zero-order valence-electron chi connectivity index (χ0n) is 5.81. The first kappa shape index (κ1) is 7.18. The maximum Gasteiger partial charge on any atom is 0.216 e. The predicted molar refractivity (Wildman–Crippen MR) is 48.6 cm³/mol. The summed E-state index contributed by atoms with van der Waals surface area (Å²) in [6.45, 7) is 1.63. The molecule has 0 unspecified atom stereocenters. The van der Waals surface area contributed by atoms with Gasteiger partial charge in [-0.3, -0.25) is 0 Å². The number of ether oxygens (including phenoxy) is 2. The van der Waals surface area contributed by atoms with Gasteiger partial charge in [-0.05, 0) is 16.9 Å². The van der Waals surface area contributed by atoms with Gasteiger partial charge >= 0.3 is 0 Å². The van der Waals surface area contributed by atoms with Crippen LogP contribution in [0.5, 0.6) is 0 Å². The lowest BCUT2D eigenvalue weighted by atomic mass is 10.2. The van der Waals surface area contributed by atoms with Gasteiger partial charge in [0, 0.05) is 6.42 Å². The van der Waals surface area contributed by atoms with Gasteiger partial charge < -0.3 is 9.47 Å². The number of hydrogen-bond donors (Lipinski definition) is 0. The van der Waals surface area contributed by atoms with E-state index in [1.54, 1.807) is 0 Å². The molecule has 58 valence electrons. The van der Waals surface area contributed by atoms with Crippen LogP contribution in [0.1, 0.15) is 19.3 Å². The van der Waals surface area contributed by atoms with E-state index in [9.17, 15) is 0 Å². The second-order valence-electron chi connectivity index (χ2n) is 2.51. The Hall–Kier alpha value is 0.520. The number of halogens is 1. The molecule has 2 aliphatic heterocycles. The van der Waals surface area contributed by atoms with Gasteiger partial charge in [0.25, 0.3) is 0 Å². The van der Waals surface area contributed by atoms with Crippen LogP contribution in [-0.2, 0) is 9.47 Å². The lowest BCUT2D eigenvalue weighted by Crippen LogP contribution is -2.24. The van der Waals surface area contributed by atoms with Gasteiger partial charge in [0.2, 0.25) is 3.79 Å². The van der Waals surface area contributed by atoms with Gasteiger partial charge in [-0.2, -0.15) is 0 Å². The van der Waals surface area contributed by atoms with E-state index in [4.69, 9.17) is 9.47 Å². The van der Waals surface area contributed by atoms with Crippen molar-refractivity contribution in [2.45, 2.75) is 23.1 Å². The van der Waals surface area contributed by atoms with Crippen molar-refractivity contribution >= 4 is 24.7 Å². The highest BCUT2D eigenvalue weighted by molar-refractivity contribution is 14.2. The Balaban J connectivity index is 2.11. The lowest BCUT2D eigenvalue weighted by molar-refractivity contribution is -0.0653. The third-order valence-corrected chi connectivity index (χ3v) is 4.92. The first-order valence-electron chi connectivity index (χ1n) is 3.65. The van der Waals surface area contributed by atoms with Crippen LogP contribution in [0.3, 0.4) is 0 Å². The van der Waals surface area contributed by atoms with Crippen LogP contribution < -0.4 is 0 Å². The molecular formula is C7H11IO2. The summed E-state index contributed by atoms with van der Waals surface area (Å²) in [5.74, 6) is 0. The van der Waals surface area contributed by atoms with E-state index in [1.165, 1.54) is 12.8 Å². The zero-order valence-corrected chi connectivity index (χ0v) is 7.96. The fourth-order valence-electron chi connectivity index (χ4n) is 1.25. The first-order chi connectivity index (χ1) is 4.91. The van der Waals surface area contributed by atoms with Crippen LogP contribution in [0.15, 0.2) is 0 Å². The second-order valence-corrected chi connectivity index (χ2v) is 5.66. The van der Waals surface area contributed by atoms with Crippen molar-refractivity contribution in [1.82, 2.24) is 0 Å². The van der Waals surface area contributed by atoms with E-state index < -0.39 is 0 Å². The molecule has 2 nitrogen and oxygen atoms in total. The highest BCUT2D eigenvalue weighted by atomic mass is 127. The van der Waals surface area contributed by atoms with Crippen molar-refractivity contribution in [3.8, 4) is 0 Å². The van der Waals surface area contributed by atoms with Crippen molar-refractivity contribution in [3.63, 3.8) is 0 Å². The zero-order chi connectivity index (χ0) is 6.86. The molecule has 0 aromatic carbocycles. The third kappa shape index (κ3) is 1.26. The standard InChI is InChI=1S/C7H11IO2/c1-2-4-8-7(3-1)9-5-6-10-7/h4H,1-3,5-6H2. The van der Waals surface area contributed by atoms with Gasteiger partial charge in [0.15, 0.2) is 0 Å². The van der Waals surface area contributed by atoms with Crippen LogP contribution in [0, 0.1) is 0 Å². The topological polar surface area (TPSA) is 18.5 Å². The first-order valence-corrected chi connectivity index (χ1v) is 5.98. The van der Waals surface area contributed by atoms with Crippen LogP contribution in [0.2, 0.25) is 0 Å². The Bertz CT molecular complexity index is 150. The fourth-order valence-corrected chi connectivity index (χ4v) is 4.17. The lowest BCUT2D eigenvalue weighted by Gasteiger charge is -2.24. The molecule has 2 heterocycles. The minimum Gasteiger partial charge on any atom is -0.340 e. The van der Waals surface area contributed by atoms with Crippen LogP contribution in [-0.4, -0.2) is 21.0 Å². The molecule has 0 saturated carbocycles. The molecule has 0 aromatic rings. The van der Waals surface area contributed by atoms with Crippen molar-refractivity contribution in [1.29, 1.82) is 0 Å². The molecule has 2 rings (SSSR count). The van der Waals surface area contributed by atoms with Gasteiger partial charge in [0.1, 0.15) is 0 Å². The van der Waals surface area contributed by atoms with Crippen LogP contribution in [0.25, 0.3) is 0 Å². The van der Waals surface area contributed by atoms with E-state index in [0.717, 1.165) is 19.6 Å². The van der Waals surface area contributed by atoms with E-state index in [0.29, 0.717) is 0 Å². The summed E-state index contributed by atoms with van der Waals surface area (Å²) in [5, 5.41) is 0. The summed E-state index contributed by atoms with van der Waals surface area (Å²) < 4.78 is 13.5. The molecular weight excluding hydrogens is 243 g/mol. The molecule has 0 radical (unpaired) electrons. The van der Waals surface area contributed by atoms with Gasteiger partial charge in [-0.25, -0.2) is 0 Å². The number of rotatable bonds is 0. The quantitative estimate of drug-likeness (QED) is 0.483. The fraction of sp³-hybridized carbons (Fsp3) is 0.857. The SMILES string of the molecule is C1=IC2(CCC1)OCCO2. The highest BCUT2D eigenvalue weighted by Gasteiger charge is 2.35. The number of alkyl halides is 1. The Morgan fingerprint density at radius 2 is 2.10 bits per heavy atom. The summed E-state index contributed by atoms with van der Waals surface area (Å²) in [5.41, 5.74) is 0. The molecule has 1 fully saturated rings. The van der Waals surface area contributed by atoms with Crippen molar-refractivity contribution in [2.75, 3.05) is 13.2 Å². The smallest absolute Gasteiger partial charge is 0.216 e. The van der Waals surface area contributed by atoms with Crippen LogP contribution in [0.4, 0.5) is 0 Å². The molecule has 0 atom stereocenters. The normalized spacial score (nSPS) is 30.4. The minimum atomic E-state index is -0.0723. The predicted octanol–water partition coefficient (Wildman–Crippen LogP) is 1.64. The highest BCUT2D eigenvalue weighted by Crippen LogP contribution is 2.39. The molecule has 1 saturated heterocycles. The average molecular weight is 254 g/mol. The van der Waals surface area contributed by atoms with Gasteiger partial charge in [-0.1, -0.05) is 20.7 Å². The maximum absolute atomic E-state index is 5.58. The summed E-state index contributed by atoms with van der Waals surface area (Å²) in [6, 6.07) is 0. The van der Waals surface area contributed by atoms with E-state index in [1.807, 2.05) is 0 Å². The minimum absolute atomic E-state index is 0.0550. The Morgan fingerprint density at radius 3 is 2.70 bits per heavy atom. The second kappa shape index (κ2) is 2.87. The molecule has 0 aliphatic carbocycles. The van der Waals surface area contributed by atoms with E-state index >= 15 is 0 Å². The average Bonchev–Trinajstić information content (AvgIpc) is 2.39. The summed E-state index contributed by atoms with van der Waals surface area (Å²) in [7, 11) is 0. The van der Waals surface area contributed by atoms with Crippen molar-refractivity contribution in [3.05, 3.63) is 0 Å². The van der Waals surface area contributed by atoms with Gasteiger partial charge in [0.05, 0.1) is 13.2 Å². The molecule has 0 N–H and O–H groups in total.